The zero-order valence-electron chi connectivity index (χ0n) is 30.3. The molecule has 2 amide bonds. The summed E-state index contributed by atoms with van der Waals surface area (Å²) in [5, 5.41) is 10.5. The summed E-state index contributed by atoms with van der Waals surface area (Å²) in [6.45, 7) is 10.1. The van der Waals surface area contributed by atoms with Crippen LogP contribution in [-0.4, -0.2) is 61.2 Å². The van der Waals surface area contributed by atoms with Gasteiger partial charge in [0.1, 0.15) is 16.8 Å². The van der Waals surface area contributed by atoms with Gasteiger partial charge >= 0.3 is 12.2 Å². The Morgan fingerprint density at radius 2 is 1.31 bits per heavy atom. The number of benzene rings is 3. The van der Waals surface area contributed by atoms with Gasteiger partial charge in [0.05, 0.1) is 12.9 Å². The number of aromatic nitrogens is 4. The summed E-state index contributed by atoms with van der Waals surface area (Å²) >= 11 is 0. The number of rotatable bonds is 9. The molecule has 1 aliphatic carbocycles. The molecule has 2 aromatic heterocycles. The van der Waals surface area contributed by atoms with Crippen molar-refractivity contribution in [3.8, 4) is 0 Å². The number of imidazole rings is 1. The first-order valence-corrected chi connectivity index (χ1v) is 17.4. The number of fused-ring (bicyclic) bond motifs is 1. The molecule has 2 heterocycles. The first-order chi connectivity index (χ1) is 24.7. The van der Waals surface area contributed by atoms with Gasteiger partial charge in [0, 0.05) is 18.6 Å². The van der Waals surface area contributed by atoms with Crippen LogP contribution in [0, 0.1) is 11.8 Å². The van der Waals surface area contributed by atoms with Crippen LogP contribution in [0.2, 0.25) is 0 Å². The summed E-state index contributed by atoms with van der Waals surface area (Å²) in [5.74, 6) is -0.718. The Hall–Kier alpha value is -5.33. The highest BCUT2D eigenvalue weighted by atomic mass is 16.6. The highest BCUT2D eigenvalue weighted by molar-refractivity contribution is 6.08. The number of hydrogen-bond donors (Lipinski definition) is 2. The van der Waals surface area contributed by atoms with Gasteiger partial charge in [-0.25, -0.2) is 14.6 Å². The van der Waals surface area contributed by atoms with Crippen molar-refractivity contribution < 1.29 is 28.9 Å². The Bertz CT molecular complexity index is 1940. The molecule has 1 saturated carbocycles. The van der Waals surface area contributed by atoms with Gasteiger partial charge in [-0.1, -0.05) is 91.0 Å². The van der Waals surface area contributed by atoms with Crippen LogP contribution in [0.5, 0.6) is 0 Å². The molecule has 1 aliphatic rings. The molecular formula is C40H45N5O7. The van der Waals surface area contributed by atoms with Gasteiger partial charge in [-0.05, 0) is 70.6 Å². The standard InChI is InChI=1S/C40H45N5O7/c1-38(2,3)51-36(48)45(37(49)52-39(4,5)6)35-42-33-32(34(47)43-35)41-25-44(33)31-22-26(23-46)30(31)24-50-40(27-16-10-7-11-17-27,28-18-12-8-13-19-28)29-20-14-9-15-21-29/h7-21,25-26,30-31,46H,22-24H2,1-6H3,(H,42,43,47)/t26-,30-,31-/m1/s1. The normalized spacial score (nSPS) is 17.7. The van der Waals surface area contributed by atoms with E-state index < -0.39 is 34.5 Å². The van der Waals surface area contributed by atoms with Crippen LogP contribution in [0.15, 0.2) is 102 Å². The van der Waals surface area contributed by atoms with Crippen LogP contribution in [0.1, 0.15) is 70.7 Å². The maximum atomic E-state index is 13.4. The van der Waals surface area contributed by atoms with Crippen LogP contribution < -0.4 is 10.5 Å². The predicted octanol–water partition coefficient (Wildman–Crippen LogP) is 6.97. The molecule has 12 heteroatoms. The number of aromatic amines is 1. The average Bonchev–Trinajstić information content (AvgIpc) is 3.50. The minimum absolute atomic E-state index is 0.0244. The van der Waals surface area contributed by atoms with Gasteiger partial charge in [-0.15, -0.1) is 4.90 Å². The van der Waals surface area contributed by atoms with Crippen molar-refractivity contribution in [2.24, 2.45) is 11.8 Å². The summed E-state index contributed by atoms with van der Waals surface area (Å²) in [7, 11) is 0. The Morgan fingerprint density at radius 3 is 1.75 bits per heavy atom. The van der Waals surface area contributed by atoms with E-state index in [9.17, 15) is 19.5 Å². The first-order valence-electron chi connectivity index (χ1n) is 17.4. The molecule has 5 aromatic rings. The third-order valence-electron chi connectivity index (χ3n) is 9.05. The van der Waals surface area contributed by atoms with Crippen molar-refractivity contribution in [3.63, 3.8) is 0 Å². The predicted molar refractivity (Wildman–Crippen MR) is 196 cm³/mol. The third-order valence-corrected chi connectivity index (χ3v) is 9.05. The number of anilines is 1. The molecular weight excluding hydrogens is 662 g/mol. The maximum Gasteiger partial charge on any atom is 0.427 e. The minimum atomic E-state index is -1.07. The molecule has 0 bridgehead atoms. The zero-order valence-corrected chi connectivity index (χ0v) is 30.3. The van der Waals surface area contributed by atoms with Crippen molar-refractivity contribution in [3.05, 3.63) is 124 Å². The lowest BCUT2D eigenvalue weighted by molar-refractivity contribution is -0.0762. The number of hydrogen-bond acceptors (Lipinski definition) is 9. The summed E-state index contributed by atoms with van der Waals surface area (Å²) in [6, 6.07) is 29.8. The Balaban J connectivity index is 1.40. The van der Waals surface area contributed by atoms with Crippen LogP contribution in [0.3, 0.4) is 0 Å². The zero-order chi connectivity index (χ0) is 37.3. The van der Waals surface area contributed by atoms with E-state index in [2.05, 4.69) is 15.0 Å². The van der Waals surface area contributed by atoms with Crippen molar-refractivity contribution in [1.82, 2.24) is 19.5 Å². The Morgan fingerprint density at radius 1 is 0.827 bits per heavy atom. The number of H-pyrrole nitrogens is 1. The lowest BCUT2D eigenvalue weighted by atomic mass is 9.69. The van der Waals surface area contributed by atoms with Crippen LogP contribution >= 0.6 is 0 Å². The molecule has 0 unspecified atom stereocenters. The van der Waals surface area contributed by atoms with Gasteiger partial charge in [0.25, 0.3) is 5.56 Å². The van der Waals surface area contributed by atoms with Gasteiger partial charge in [-0.2, -0.15) is 4.98 Å². The van der Waals surface area contributed by atoms with E-state index in [0.717, 1.165) is 16.7 Å². The smallest absolute Gasteiger partial charge is 0.427 e. The third kappa shape index (κ3) is 7.35. The number of ether oxygens (including phenoxy) is 3. The molecule has 52 heavy (non-hydrogen) atoms. The Labute approximate surface area is 302 Å². The second-order valence-electron chi connectivity index (χ2n) is 15.0. The fraction of sp³-hybridized carbons (Fsp3) is 0.375. The number of amides is 2. The van der Waals surface area contributed by atoms with Crippen LogP contribution in [0.25, 0.3) is 11.2 Å². The van der Waals surface area contributed by atoms with E-state index in [4.69, 9.17) is 14.2 Å². The van der Waals surface area contributed by atoms with Crippen molar-refractivity contribution in [2.45, 2.75) is 70.8 Å². The molecule has 6 rings (SSSR count). The summed E-state index contributed by atoms with van der Waals surface area (Å²) in [5.41, 5.74) is -0.549. The first kappa shape index (κ1) is 36.5. The van der Waals surface area contributed by atoms with E-state index in [1.807, 2.05) is 91.0 Å². The fourth-order valence-corrected chi connectivity index (χ4v) is 6.67. The van der Waals surface area contributed by atoms with Gasteiger partial charge in [-0.3, -0.25) is 9.78 Å². The number of carbonyl (C=O) groups is 2. The van der Waals surface area contributed by atoms with E-state index >= 15 is 0 Å². The lowest BCUT2D eigenvalue weighted by Crippen LogP contribution is -2.46. The highest BCUT2D eigenvalue weighted by Crippen LogP contribution is 2.48. The molecule has 0 saturated heterocycles. The van der Waals surface area contributed by atoms with Crippen LogP contribution in [0.4, 0.5) is 15.5 Å². The van der Waals surface area contributed by atoms with E-state index in [1.165, 1.54) is 6.33 Å². The maximum absolute atomic E-state index is 13.4. The molecule has 1 fully saturated rings. The fourth-order valence-electron chi connectivity index (χ4n) is 6.67. The quantitative estimate of drug-likeness (QED) is 0.155. The van der Waals surface area contributed by atoms with Gasteiger partial charge in [0.15, 0.2) is 11.2 Å². The van der Waals surface area contributed by atoms with E-state index in [-0.39, 0.29) is 48.2 Å². The SMILES string of the molecule is CC(C)(C)OC(=O)N(C(=O)OC(C)(C)C)c1nc2c(ncn2[C@@H]2C[C@H](CO)[C@H]2COC(c2ccccc2)(c2ccccc2)c2ccccc2)c(=O)[nH]1. The van der Waals surface area contributed by atoms with Crippen molar-refractivity contribution >= 4 is 29.3 Å². The largest absolute Gasteiger partial charge is 0.443 e. The number of nitrogens with one attached hydrogen (secondary N) is 1. The molecule has 12 nitrogen and oxygen atoms in total. The molecule has 2 N–H and O–H groups in total. The molecule has 0 aliphatic heterocycles. The topological polar surface area (TPSA) is 149 Å². The number of aliphatic hydroxyl groups is 1. The number of nitrogens with zero attached hydrogens (tertiary/aromatic N) is 4. The van der Waals surface area contributed by atoms with E-state index in [0.29, 0.717) is 11.3 Å². The van der Waals surface area contributed by atoms with E-state index in [1.54, 1.807) is 46.1 Å². The molecule has 3 aromatic carbocycles. The van der Waals surface area contributed by atoms with Crippen molar-refractivity contribution in [2.75, 3.05) is 18.1 Å². The lowest BCUT2D eigenvalue weighted by Gasteiger charge is -2.46. The number of aliphatic hydroxyl groups excluding tert-OH is 1. The van der Waals surface area contributed by atoms with Crippen LogP contribution in [-0.2, 0) is 19.8 Å². The molecule has 0 radical (unpaired) electrons. The van der Waals surface area contributed by atoms with Gasteiger partial charge < -0.3 is 23.9 Å². The van der Waals surface area contributed by atoms with Gasteiger partial charge in [0.2, 0.25) is 5.95 Å². The summed E-state index contributed by atoms with van der Waals surface area (Å²) in [4.78, 5) is 52.3. The monoisotopic (exact) mass is 707 g/mol. The minimum Gasteiger partial charge on any atom is -0.443 e. The number of carbonyl (C=O) groups excluding carboxylic acids is 2. The molecule has 0 spiro atoms. The average molecular weight is 708 g/mol. The Kier molecular flexibility index (Phi) is 10.1. The highest BCUT2D eigenvalue weighted by Gasteiger charge is 2.46. The molecule has 272 valence electrons. The second-order valence-corrected chi connectivity index (χ2v) is 15.0. The second kappa shape index (κ2) is 14.4. The van der Waals surface area contributed by atoms with Crippen molar-refractivity contribution in [1.29, 1.82) is 0 Å². The summed E-state index contributed by atoms with van der Waals surface area (Å²) in [6.07, 6.45) is -0.0581. The molecule has 3 atom stereocenters. The number of imide groups is 1. The summed E-state index contributed by atoms with van der Waals surface area (Å²) < 4.78 is 19.9.